The molecule has 0 spiro atoms. The number of hydrogen-bond acceptors (Lipinski definition) is 4. The number of carbonyl (C=O) groups excluding carboxylic acids is 1. The number of carbonyl (C=O) groups is 1. The summed E-state index contributed by atoms with van der Waals surface area (Å²) < 4.78 is 43.4. The van der Waals surface area contributed by atoms with Gasteiger partial charge in [0.1, 0.15) is 0 Å². The number of halogens is 3. The molecule has 0 aliphatic carbocycles. The predicted octanol–water partition coefficient (Wildman–Crippen LogP) is 6.46. The molecule has 44 heavy (non-hydrogen) atoms. The summed E-state index contributed by atoms with van der Waals surface area (Å²) in [6.07, 6.45) is 2.46. The van der Waals surface area contributed by atoms with Crippen LogP contribution in [0.15, 0.2) is 61.1 Å². The molecule has 2 N–H and O–H groups in total. The topological polar surface area (TPSA) is 86.0 Å². The van der Waals surface area contributed by atoms with Gasteiger partial charge in [0.2, 0.25) is 5.91 Å². The van der Waals surface area contributed by atoms with Crippen LogP contribution in [0.4, 0.5) is 13.2 Å². The van der Waals surface area contributed by atoms with Crippen LogP contribution >= 0.6 is 12.2 Å². The van der Waals surface area contributed by atoms with E-state index in [0.29, 0.717) is 30.2 Å². The molecule has 2 aromatic carbocycles. The van der Waals surface area contributed by atoms with Crippen LogP contribution in [0, 0.1) is 17.2 Å². The van der Waals surface area contributed by atoms with E-state index < -0.39 is 11.7 Å². The Morgan fingerprint density at radius 2 is 1.86 bits per heavy atom. The van der Waals surface area contributed by atoms with Gasteiger partial charge < -0.3 is 20.1 Å². The highest BCUT2D eigenvalue weighted by atomic mass is 32.1. The maximum Gasteiger partial charge on any atom is 0.416 e. The van der Waals surface area contributed by atoms with Crippen LogP contribution in [0.3, 0.4) is 0 Å². The van der Waals surface area contributed by atoms with E-state index in [2.05, 4.69) is 28.6 Å². The number of hydrogen-bond donors (Lipinski definition) is 2. The lowest BCUT2D eigenvalue weighted by atomic mass is 10.0. The van der Waals surface area contributed by atoms with Crippen molar-refractivity contribution in [3.8, 4) is 6.07 Å². The van der Waals surface area contributed by atoms with E-state index in [-0.39, 0.29) is 42.9 Å². The van der Waals surface area contributed by atoms with Gasteiger partial charge in [0.05, 0.1) is 29.9 Å². The molecule has 3 aromatic rings. The Bertz CT molecular complexity index is 1400. The summed E-state index contributed by atoms with van der Waals surface area (Å²) in [5.74, 6) is 0.00676. The Labute approximate surface area is 263 Å². The summed E-state index contributed by atoms with van der Waals surface area (Å²) in [5, 5.41) is 15.7. The largest absolute Gasteiger partial charge is 0.416 e. The van der Waals surface area contributed by atoms with Crippen LogP contribution < -0.4 is 10.6 Å². The van der Waals surface area contributed by atoms with E-state index >= 15 is 0 Å². The van der Waals surface area contributed by atoms with Gasteiger partial charge in [-0.2, -0.15) is 18.4 Å². The van der Waals surface area contributed by atoms with Crippen LogP contribution in [-0.4, -0.2) is 44.6 Å². The Hall–Kier alpha value is -3.91. The molecule has 0 fully saturated rings. The first kappa shape index (κ1) is 34.6. The van der Waals surface area contributed by atoms with Gasteiger partial charge in [-0.3, -0.25) is 4.79 Å². The fourth-order valence-corrected chi connectivity index (χ4v) is 5.26. The molecule has 0 aliphatic rings. The zero-order chi connectivity index (χ0) is 32.1. The highest BCUT2D eigenvalue weighted by molar-refractivity contribution is 7.80. The number of amides is 1. The number of nitrogens with zero attached hydrogens (tertiary/aromatic N) is 4. The van der Waals surface area contributed by atoms with E-state index in [1.807, 2.05) is 30.5 Å². The van der Waals surface area contributed by atoms with Crippen LogP contribution in [0.5, 0.6) is 0 Å². The van der Waals surface area contributed by atoms with Gasteiger partial charge in [0.15, 0.2) is 5.11 Å². The fourth-order valence-electron chi connectivity index (χ4n) is 5.02. The highest BCUT2D eigenvalue weighted by Gasteiger charge is 2.33. The maximum absolute atomic E-state index is 13.8. The van der Waals surface area contributed by atoms with Crippen molar-refractivity contribution in [1.82, 2.24) is 25.1 Å². The van der Waals surface area contributed by atoms with E-state index in [0.717, 1.165) is 36.6 Å². The smallest absolute Gasteiger partial charge is 0.363 e. The molecule has 0 saturated heterocycles. The third-order valence-corrected chi connectivity index (χ3v) is 7.57. The fraction of sp³-hybridized carbons (Fsp3) is 0.455. The number of alkyl halides is 3. The molecule has 0 aliphatic heterocycles. The highest BCUT2D eigenvalue weighted by Crippen LogP contribution is 2.32. The normalized spacial score (nSPS) is 12.0. The SMILES string of the molecule is CCCCCNC(=S)N(Cc1ccccc1C(F)(F)F)C[C@H](CC(C)C)NC(=O)Cc1cncn1Cc1ccc(C#N)cc1. The minimum absolute atomic E-state index is 0.0445. The average Bonchev–Trinajstić information content (AvgIpc) is 3.40. The maximum atomic E-state index is 13.8. The number of nitrogens with one attached hydrogen (secondary N) is 2. The first-order valence-electron chi connectivity index (χ1n) is 14.9. The summed E-state index contributed by atoms with van der Waals surface area (Å²) in [6.45, 7) is 7.49. The number of benzene rings is 2. The standard InChI is InChI=1S/C33H41F3N6OS/c1-4-5-8-15-39-32(44)41(21-27-9-6-7-10-30(27)33(34,35)36)22-28(16-24(2)3)40-31(43)17-29-19-38-23-42(29)20-26-13-11-25(18-37)12-14-26/h6-7,9-14,19,23-24,28H,4-5,8,15-17,20-22H2,1-3H3,(H,39,44)(H,40,43)/t28-/m0/s1. The first-order chi connectivity index (χ1) is 21.0. The van der Waals surface area contributed by atoms with Gasteiger partial charge in [-0.05, 0) is 60.3 Å². The summed E-state index contributed by atoms with van der Waals surface area (Å²) >= 11 is 5.69. The van der Waals surface area contributed by atoms with Crippen LogP contribution in [0.1, 0.15) is 74.4 Å². The second-order valence-electron chi connectivity index (χ2n) is 11.4. The van der Waals surface area contributed by atoms with Crippen LogP contribution in [0.25, 0.3) is 0 Å². The van der Waals surface area contributed by atoms with Crippen molar-refractivity contribution >= 4 is 23.2 Å². The molecule has 1 atom stereocenters. The summed E-state index contributed by atoms with van der Waals surface area (Å²) in [5.41, 5.74) is 1.69. The quantitative estimate of drug-likeness (QED) is 0.149. The van der Waals surface area contributed by atoms with Crippen molar-refractivity contribution in [2.75, 3.05) is 13.1 Å². The van der Waals surface area contributed by atoms with Crippen molar-refractivity contribution in [2.24, 2.45) is 5.92 Å². The van der Waals surface area contributed by atoms with Crippen molar-refractivity contribution in [2.45, 2.75) is 78.2 Å². The molecule has 11 heteroatoms. The summed E-state index contributed by atoms with van der Waals surface area (Å²) in [4.78, 5) is 19.3. The monoisotopic (exact) mass is 626 g/mol. The second-order valence-corrected chi connectivity index (χ2v) is 11.8. The third kappa shape index (κ3) is 11.0. The van der Waals surface area contributed by atoms with Crippen molar-refractivity contribution in [3.05, 3.63) is 89.0 Å². The summed E-state index contributed by atoms with van der Waals surface area (Å²) in [7, 11) is 0. The second kappa shape index (κ2) is 16.8. The van der Waals surface area contributed by atoms with Crippen molar-refractivity contribution < 1.29 is 18.0 Å². The van der Waals surface area contributed by atoms with E-state index in [1.165, 1.54) is 12.1 Å². The lowest BCUT2D eigenvalue weighted by Crippen LogP contribution is -2.49. The molecule has 0 radical (unpaired) electrons. The number of imidazole rings is 1. The van der Waals surface area contributed by atoms with Crippen LogP contribution in [0.2, 0.25) is 0 Å². The minimum Gasteiger partial charge on any atom is -0.363 e. The first-order valence-corrected chi connectivity index (χ1v) is 15.4. The Kier molecular flexibility index (Phi) is 13.2. The Balaban J connectivity index is 1.76. The molecule has 3 rings (SSSR count). The molecule has 236 valence electrons. The Morgan fingerprint density at radius 1 is 1.14 bits per heavy atom. The number of rotatable bonds is 15. The molecule has 7 nitrogen and oxygen atoms in total. The minimum atomic E-state index is -4.50. The average molecular weight is 627 g/mol. The Morgan fingerprint density at radius 3 is 2.52 bits per heavy atom. The van der Waals surface area contributed by atoms with Gasteiger partial charge in [-0.15, -0.1) is 0 Å². The van der Waals surface area contributed by atoms with Crippen molar-refractivity contribution in [1.29, 1.82) is 5.26 Å². The molecule has 0 unspecified atom stereocenters. The number of aromatic nitrogens is 2. The lowest BCUT2D eigenvalue weighted by molar-refractivity contribution is -0.138. The van der Waals surface area contributed by atoms with Gasteiger partial charge in [0.25, 0.3) is 0 Å². The lowest BCUT2D eigenvalue weighted by Gasteiger charge is -2.32. The van der Waals surface area contributed by atoms with Gasteiger partial charge in [0, 0.05) is 44.1 Å². The van der Waals surface area contributed by atoms with Crippen LogP contribution in [-0.2, 0) is 30.5 Å². The zero-order valence-electron chi connectivity index (χ0n) is 25.5. The zero-order valence-corrected chi connectivity index (χ0v) is 26.3. The van der Waals surface area contributed by atoms with E-state index in [1.54, 1.807) is 35.6 Å². The summed E-state index contributed by atoms with van der Waals surface area (Å²) in [6, 6.07) is 14.5. The van der Waals surface area contributed by atoms with E-state index in [4.69, 9.17) is 17.5 Å². The van der Waals surface area contributed by atoms with E-state index in [9.17, 15) is 18.0 Å². The number of unbranched alkanes of at least 4 members (excludes halogenated alkanes) is 2. The molecular weight excluding hydrogens is 585 g/mol. The molecule has 0 saturated carbocycles. The third-order valence-electron chi connectivity index (χ3n) is 7.17. The molecular formula is C33H41F3N6OS. The number of nitriles is 1. The number of thiocarbonyl (C=S) groups is 1. The van der Waals surface area contributed by atoms with Gasteiger partial charge in [-0.1, -0.05) is 63.9 Å². The molecule has 1 aromatic heterocycles. The van der Waals surface area contributed by atoms with Crippen molar-refractivity contribution in [3.63, 3.8) is 0 Å². The molecule has 1 amide bonds. The molecule has 1 heterocycles. The van der Waals surface area contributed by atoms with Gasteiger partial charge >= 0.3 is 6.18 Å². The predicted molar refractivity (Wildman–Crippen MR) is 170 cm³/mol. The molecule has 0 bridgehead atoms. The van der Waals surface area contributed by atoms with Gasteiger partial charge in [-0.25, -0.2) is 4.98 Å².